The van der Waals surface area contributed by atoms with E-state index in [1.165, 1.54) is 52.0 Å². The number of aromatic nitrogens is 7. The molecule has 0 N–H and O–H groups in total. The molecule has 0 aliphatic heterocycles. The van der Waals surface area contributed by atoms with E-state index in [0.717, 1.165) is 58.8 Å². The van der Waals surface area contributed by atoms with Gasteiger partial charge in [-0.05, 0) is 106 Å². The van der Waals surface area contributed by atoms with Crippen LogP contribution in [0.2, 0.25) is 0 Å². The smallest absolute Gasteiger partial charge is 0.160 e. The van der Waals surface area contributed by atoms with Crippen LogP contribution >= 0.6 is 0 Å². The lowest BCUT2D eigenvalue weighted by Crippen LogP contribution is -2.40. The second-order valence-electron chi connectivity index (χ2n) is 15.4. The number of hydrogen-bond acceptors (Lipinski definition) is 5. The molecule has 55 heavy (non-hydrogen) atoms. The lowest BCUT2D eigenvalue weighted by Gasteiger charge is -2.36. The van der Waals surface area contributed by atoms with Crippen molar-refractivity contribution in [2.45, 2.75) is 69.9 Å². The predicted octanol–water partition coefficient (Wildman–Crippen LogP) is 9.27. The summed E-state index contributed by atoms with van der Waals surface area (Å²) in [7, 11) is 0. The molecule has 10 rings (SSSR count). The van der Waals surface area contributed by atoms with E-state index in [2.05, 4.69) is 168 Å². The molecule has 3 aromatic heterocycles. The average Bonchev–Trinajstić information content (AvgIpc) is 3.90. The minimum atomic E-state index is -0.795. The SMILES string of the molecule is Cc1cc(C)c2nc(C3CC3)n(Cc3ccc4c(c3)CCc3ccccc3C4Cc3nnnn3C(c3ccccc3)(c3ccccc3)c3ccccc3)c2n1. The molecule has 2 aliphatic carbocycles. The van der Waals surface area contributed by atoms with Crippen LogP contribution < -0.4 is 0 Å². The minimum Gasteiger partial charge on any atom is -0.308 e. The first-order valence-electron chi connectivity index (χ1n) is 19.6. The highest BCUT2D eigenvalue weighted by Gasteiger charge is 2.42. The largest absolute Gasteiger partial charge is 0.308 e. The van der Waals surface area contributed by atoms with Crippen molar-refractivity contribution in [1.29, 1.82) is 0 Å². The number of nitrogens with zero attached hydrogens (tertiary/aromatic N) is 7. The summed E-state index contributed by atoms with van der Waals surface area (Å²) >= 11 is 0. The zero-order valence-electron chi connectivity index (χ0n) is 31.3. The third-order valence-electron chi connectivity index (χ3n) is 11.8. The number of benzene rings is 5. The van der Waals surface area contributed by atoms with E-state index in [9.17, 15) is 0 Å². The maximum absolute atomic E-state index is 5.17. The summed E-state index contributed by atoms with van der Waals surface area (Å²) in [5.41, 5.74) is 13.5. The molecule has 3 heterocycles. The highest BCUT2D eigenvalue weighted by Crippen LogP contribution is 2.44. The van der Waals surface area contributed by atoms with Gasteiger partial charge >= 0.3 is 0 Å². The van der Waals surface area contributed by atoms with Crippen LogP contribution in [0.15, 0.2) is 140 Å². The first-order valence-corrected chi connectivity index (χ1v) is 19.6. The molecule has 270 valence electrons. The molecule has 0 bridgehead atoms. The lowest BCUT2D eigenvalue weighted by molar-refractivity contribution is 0.427. The van der Waals surface area contributed by atoms with Gasteiger partial charge < -0.3 is 4.57 Å². The number of fused-ring (bicyclic) bond motifs is 3. The Labute approximate surface area is 321 Å². The zero-order chi connectivity index (χ0) is 36.9. The molecule has 7 heteroatoms. The van der Waals surface area contributed by atoms with Crippen LogP contribution in [-0.4, -0.2) is 34.7 Å². The molecule has 0 saturated heterocycles. The fourth-order valence-corrected chi connectivity index (χ4v) is 9.17. The van der Waals surface area contributed by atoms with Gasteiger partial charge in [-0.15, -0.1) is 5.10 Å². The van der Waals surface area contributed by atoms with Crippen LogP contribution in [0.4, 0.5) is 0 Å². The van der Waals surface area contributed by atoms with Gasteiger partial charge in [0.15, 0.2) is 11.5 Å². The fourth-order valence-electron chi connectivity index (χ4n) is 9.17. The normalized spacial score (nSPS) is 15.4. The van der Waals surface area contributed by atoms with E-state index >= 15 is 0 Å². The summed E-state index contributed by atoms with van der Waals surface area (Å²) in [6, 6.07) is 50.3. The molecule has 7 nitrogen and oxygen atoms in total. The predicted molar refractivity (Wildman–Crippen MR) is 216 cm³/mol. The quantitative estimate of drug-likeness (QED) is 0.139. The highest BCUT2D eigenvalue weighted by molar-refractivity contribution is 5.76. The van der Waals surface area contributed by atoms with Gasteiger partial charge in [0.25, 0.3) is 0 Å². The molecular weight excluding hydrogens is 675 g/mol. The summed E-state index contributed by atoms with van der Waals surface area (Å²) in [5.74, 6) is 2.61. The summed E-state index contributed by atoms with van der Waals surface area (Å²) in [5, 5.41) is 14.2. The summed E-state index contributed by atoms with van der Waals surface area (Å²) in [6.07, 6.45) is 5.00. The van der Waals surface area contributed by atoms with E-state index in [0.29, 0.717) is 12.3 Å². The molecule has 0 radical (unpaired) electrons. The van der Waals surface area contributed by atoms with Crippen molar-refractivity contribution < 1.29 is 0 Å². The molecule has 5 aromatic carbocycles. The summed E-state index contributed by atoms with van der Waals surface area (Å²) in [4.78, 5) is 10.2. The van der Waals surface area contributed by atoms with E-state index in [4.69, 9.17) is 20.3 Å². The van der Waals surface area contributed by atoms with Gasteiger partial charge in [-0.3, -0.25) is 0 Å². The molecule has 1 atom stereocenters. The summed E-state index contributed by atoms with van der Waals surface area (Å²) < 4.78 is 4.48. The molecule has 1 unspecified atom stereocenters. The van der Waals surface area contributed by atoms with Crippen LogP contribution in [0.25, 0.3) is 11.2 Å². The summed E-state index contributed by atoms with van der Waals surface area (Å²) in [6.45, 7) is 5.00. The maximum Gasteiger partial charge on any atom is 0.160 e. The molecule has 8 aromatic rings. The third kappa shape index (κ3) is 5.77. The number of tetrazole rings is 1. The Kier molecular flexibility index (Phi) is 8.24. The molecule has 0 spiro atoms. The van der Waals surface area contributed by atoms with Gasteiger partial charge in [-0.2, -0.15) is 0 Å². The maximum atomic E-state index is 5.17. The Hall–Kier alpha value is -6.21. The van der Waals surface area contributed by atoms with Gasteiger partial charge in [0.05, 0.1) is 6.54 Å². The standard InChI is InChI=1S/C48H43N7/c1-32-28-33(2)49-47-45(32)50-46(36-24-25-36)54(47)31-34-22-27-42-37(29-34)26-23-35-14-12-13-21-41(35)43(42)30-44-51-52-53-55(44)48(38-15-6-3-7-16-38,39-17-8-4-9-18-39)40-19-10-5-11-20-40/h3-22,27-29,36,43H,23-26,30-31H2,1-2H3. The van der Waals surface area contributed by atoms with Crippen LogP contribution in [0.1, 0.15) is 92.1 Å². The second kappa shape index (κ2) is 13.6. The van der Waals surface area contributed by atoms with Crippen molar-refractivity contribution in [3.63, 3.8) is 0 Å². The Morgan fingerprint density at radius 2 is 1.27 bits per heavy atom. The minimum absolute atomic E-state index is 0.0654. The van der Waals surface area contributed by atoms with Crippen molar-refractivity contribution >= 4 is 11.2 Å². The van der Waals surface area contributed by atoms with Crippen LogP contribution in [0, 0.1) is 13.8 Å². The Morgan fingerprint density at radius 1 is 0.655 bits per heavy atom. The third-order valence-corrected chi connectivity index (χ3v) is 11.8. The number of imidazole rings is 1. The van der Waals surface area contributed by atoms with Crippen LogP contribution in [0.3, 0.4) is 0 Å². The number of aryl methyl sites for hydroxylation is 4. The van der Waals surface area contributed by atoms with Crippen LogP contribution in [0.5, 0.6) is 0 Å². The van der Waals surface area contributed by atoms with Gasteiger partial charge in [0.1, 0.15) is 16.9 Å². The van der Waals surface area contributed by atoms with Gasteiger partial charge in [0.2, 0.25) is 0 Å². The topological polar surface area (TPSA) is 74.3 Å². The van der Waals surface area contributed by atoms with Crippen LogP contribution in [-0.2, 0) is 31.3 Å². The van der Waals surface area contributed by atoms with Gasteiger partial charge in [-0.1, -0.05) is 133 Å². The molecule has 0 amide bonds. The Bertz CT molecular complexity index is 2540. The number of pyridine rings is 1. The molecular formula is C48H43N7. The van der Waals surface area contributed by atoms with Crippen molar-refractivity contribution in [3.05, 3.63) is 207 Å². The fraction of sp³-hybridized carbons (Fsp3) is 0.229. The number of hydrogen-bond donors (Lipinski definition) is 0. The van der Waals surface area contributed by atoms with E-state index in [1.807, 2.05) is 0 Å². The van der Waals surface area contributed by atoms with Crippen molar-refractivity contribution in [3.8, 4) is 0 Å². The van der Waals surface area contributed by atoms with E-state index in [-0.39, 0.29) is 5.92 Å². The molecule has 1 saturated carbocycles. The van der Waals surface area contributed by atoms with E-state index in [1.54, 1.807) is 0 Å². The number of rotatable bonds is 9. The van der Waals surface area contributed by atoms with Gasteiger partial charge in [0, 0.05) is 24.0 Å². The lowest BCUT2D eigenvalue weighted by atomic mass is 9.76. The highest BCUT2D eigenvalue weighted by atomic mass is 15.6. The Balaban J connectivity index is 1.10. The first kappa shape index (κ1) is 33.4. The van der Waals surface area contributed by atoms with Gasteiger partial charge in [-0.25, -0.2) is 14.6 Å². The monoisotopic (exact) mass is 717 g/mol. The second-order valence-corrected chi connectivity index (χ2v) is 15.4. The molecule has 1 fully saturated rings. The van der Waals surface area contributed by atoms with Crippen molar-refractivity contribution in [2.75, 3.05) is 0 Å². The van der Waals surface area contributed by atoms with Crippen molar-refractivity contribution in [2.24, 2.45) is 0 Å². The first-order chi connectivity index (χ1) is 27.1. The average molecular weight is 718 g/mol. The zero-order valence-corrected chi connectivity index (χ0v) is 31.3. The molecule has 2 aliphatic rings. The van der Waals surface area contributed by atoms with E-state index < -0.39 is 5.54 Å². The Morgan fingerprint density at radius 3 is 1.95 bits per heavy atom. The van der Waals surface area contributed by atoms with Crippen molar-refractivity contribution in [1.82, 2.24) is 34.7 Å².